The van der Waals surface area contributed by atoms with Crippen LogP contribution in [0.15, 0.2) is 15.2 Å². The smallest absolute Gasteiger partial charge is 0.0701 e. The number of nitrogens with zero attached hydrogens (tertiary/aromatic N) is 1. The third kappa shape index (κ3) is 6.39. The maximum atomic E-state index is 3.59. The number of rotatable bonds is 6. The molecule has 2 atom stereocenters. The molecule has 2 unspecified atom stereocenters. The average molecular weight is 347 g/mol. The molecule has 1 heterocycles. The molecule has 1 aromatic rings. The maximum absolute atomic E-state index is 3.59. The first kappa shape index (κ1) is 17.2. The van der Waals surface area contributed by atoms with E-state index in [4.69, 9.17) is 0 Å². The van der Waals surface area contributed by atoms with E-state index in [0.717, 1.165) is 13.1 Å². The molecule has 0 aliphatic heterocycles. The zero-order chi connectivity index (χ0) is 14.6. The standard InChI is InChI=1S/C15H27BrN2S/c1-11(8-17-15(3,4)5)12(2)18(6)9-13-7-14(16)19-10-13/h7,10-12,17H,8-9H2,1-6H3. The molecule has 0 saturated heterocycles. The Hall–Kier alpha value is 0.100. The van der Waals surface area contributed by atoms with Gasteiger partial charge in [0.2, 0.25) is 0 Å². The van der Waals surface area contributed by atoms with Gasteiger partial charge in [-0.25, -0.2) is 0 Å². The van der Waals surface area contributed by atoms with Crippen LogP contribution in [0.25, 0.3) is 0 Å². The molecular formula is C15H27BrN2S. The van der Waals surface area contributed by atoms with Crippen molar-refractivity contribution in [3.8, 4) is 0 Å². The summed E-state index contributed by atoms with van der Waals surface area (Å²) in [5, 5.41) is 5.82. The monoisotopic (exact) mass is 346 g/mol. The predicted octanol–water partition coefficient (Wildman–Crippen LogP) is 4.36. The van der Waals surface area contributed by atoms with Crippen LogP contribution in [0.1, 0.15) is 40.2 Å². The van der Waals surface area contributed by atoms with Gasteiger partial charge < -0.3 is 5.32 Å². The van der Waals surface area contributed by atoms with Gasteiger partial charge in [-0.05, 0) is 80.1 Å². The van der Waals surface area contributed by atoms with Crippen LogP contribution in [0.5, 0.6) is 0 Å². The van der Waals surface area contributed by atoms with Crippen molar-refractivity contribution in [2.45, 2.75) is 52.7 Å². The lowest BCUT2D eigenvalue weighted by molar-refractivity contribution is 0.182. The summed E-state index contributed by atoms with van der Waals surface area (Å²) in [5.74, 6) is 0.631. The molecule has 0 spiro atoms. The van der Waals surface area contributed by atoms with E-state index in [2.05, 4.69) is 79.3 Å². The van der Waals surface area contributed by atoms with Crippen molar-refractivity contribution in [2.24, 2.45) is 5.92 Å². The normalized spacial score (nSPS) is 15.8. The van der Waals surface area contributed by atoms with E-state index in [-0.39, 0.29) is 5.54 Å². The number of halogens is 1. The van der Waals surface area contributed by atoms with Gasteiger partial charge in [0.25, 0.3) is 0 Å². The molecule has 0 bridgehead atoms. The van der Waals surface area contributed by atoms with Gasteiger partial charge in [-0.15, -0.1) is 11.3 Å². The quantitative estimate of drug-likeness (QED) is 0.823. The molecule has 0 aliphatic rings. The van der Waals surface area contributed by atoms with Crippen LogP contribution in [0.2, 0.25) is 0 Å². The summed E-state index contributed by atoms with van der Waals surface area (Å²) in [5.41, 5.74) is 1.59. The van der Waals surface area contributed by atoms with Gasteiger partial charge in [0, 0.05) is 18.1 Å². The van der Waals surface area contributed by atoms with E-state index < -0.39 is 0 Å². The minimum absolute atomic E-state index is 0.199. The van der Waals surface area contributed by atoms with E-state index in [0.29, 0.717) is 12.0 Å². The van der Waals surface area contributed by atoms with Crippen molar-refractivity contribution in [3.05, 3.63) is 20.8 Å². The summed E-state index contributed by atoms with van der Waals surface area (Å²) in [6.45, 7) is 13.4. The second kappa shape index (κ2) is 7.21. The van der Waals surface area contributed by atoms with Crippen LogP contribution in [-0.2, 0) is 6.54 Å². The van der Waals surface area contributed by atoms with Crippen LogP contribution < -0.4 is 5.32 Å². The molecule has 0 fully saturated rings. The molecule has 1 N–H and O–H groups in total. The second-order valence-corrected chi connectivity index (χ2v) is 8.81. The van der Waals surface area contributed by atoms with Gasteiger partial charge in [-0.2, -0.15) is 0 Å². The summed E-state index contributed by atoms with van der Waals surface area (Å²) < 4.78 is 1.21. The van der Waals surface area contributed by atoms with Crippen LogP contribution in [-0.4, -0.2) is 30.1 Å². The van der Waals surface area contributed by atoms with E-state index in [1.54, 1.807) is 11.3 Å². The highest BCUT2D eigenvalue weighted by Gasteiger charge is 2.19. The summed E-state index contributed by atoms with van der Waals surface area (Å²) in [6.07, 6.45) is 0. The van der Waals surface area contributed by atoms with E-state index >= 15 is 0 Å². The molecule has 0 aliphatic carbocycles. The molecule has 2 nitrogen and oxygen atoms in total. The first-order valence-corrected chi connectivity index (χ1v) is 8.54. The molecule has 0 radical (unpaired) electrons. The number of nitrogens with one attached hydrogen (secondary N) is 1. The molecule has 1 aromatic heterocycles. The molecule has 1 rings (SSSR count). The number of hydrogen-bond donors (Lipinski definition) is 1. The van der Waals surface area contributed by atoms with Gasteiger partial charge >= 0.3 is 0 Å². The van der Waals surface area contributed by atoms with Gasteiger partial charge in [0.05, 0.1) is 3.79 Å². The SMILES string of the molecule is CC(CNC(C)(C)C)C(C)N(C)Cc1csc(Br)c1. The Balaban J connectivity index is 2.44. The summed E-state index contributed by atoms with van der Waals surface area (Å²) in [4.78, 5) is 2.43. The third-order valence-corrected chi connectivity index (χ3v) is 5.08. The Morgan fingerprint density at radius 2 is 2.00 bits per heavy atom. The van der Waals surface area contributed by atoms with Crippen LogP contribution in [0, 0.1) is 5.92 Å². The predicted molar refractivity (Wildman–Crippen MR) is 89.9 cm³/mol. The number of hydrogen-bond acceptors (Lipinski definition) is 3. The van der Waals surface area contributed by atoms with E-state index in [1.807, 2.05) is 0 Å². The second-order valence-electron chi connectivity index (χ2n) is 6.52. The summed E-state index contributed by atoms with van der Waals surface area (Å²) >= 11 is 5.28. The Kier molecular flexibility index (Phi) is 6.51. The average Bonchev–Trinajstić information content (AvgIpc) is 2.69. The van der Waals surface area contributed by atoms with Crippen LogP contribution in [0.3, 0.4) is 0 Å². The van der Waals surface area contributed by atoms with Gasteiger partial charge in [-0.1, -0.05) is 6.92 Å². The van der Waals surface area contributed by atoms with Crippen molar-refractivity contribution >= 4 is 27.3 Å². The Labute approximate surface area is 130 Å². The molecule has 110 valence electrons. The maximum Gasteiger partial charge on any atom is 0.0701 e. The summed E-state index contributed by atoms with van der Waals surface area (Å²) in [6, 6.07) is 2.78. The van der Waals surface area contributed by atoms with Crippen LogP contribution in [0.4, 0.5) is 0 Å². The van der Waals surface area contributed by atoms with E-state index in [1.165, 1.54) is 9.35 Å². The topological polar surface area (TPSA) is 15.3 Å². The lowest BCUT2D eigenvalue weighted by Crippen LogP contribution is -2.44. The van der Waals surface area contributed by atoms with E-state index in [9.17, 15) is 0 Å². The van der Waals surface area contributed by atoms with Crippen molar-refractivity contribution in [3.63, 3.8) is 0 Å². The third-order valence-electron chi connectivity index (χ3n) is 3.53. The van der Waals surface area contributed by atoms with Crippen molar-refractivity contribution < 1.29 is 0 Å². The molecule has 4 heteroatoms. The molecule has 0 amide bonds. The Bertz CT molecular complexity index is 384. The fourth-order valence-electron chi connectivity index (χ4n) is 1.93. The molecule has 0 saturated carbocycles. The van der Waals surface area contributed by atoms with Gasteiger partial charge in [0.15, 0.2) is 0 Å². The van der Waals surface area contributed by atoms with Gasteiger partial charge in [0.1, 0.15) is 0 Å². The number of thiophene rings is 1. The highest BCUT2D eigenvalue weighted by molar-refractivity contribution is 9.11. The minimum Gasteiger partial charge on any atom is -0.312 e. The van der Waals surface area contributed by atoms with Crippen molar-refractivity contribution in [2.75, 3.05) is 13.6 Å². The minimum atomic E-state index is 0.199. The summed E-state index contributed by atoms with van der Waals surface area (Å²) in [7, 11) is 2.21. The highest BCUT2D eigenvalue weighted by atomic mass is 79.9. The van der Waals surface area contributed by atoms with Gasteiger partial charge in [-0.3, -0.25) is 4.90 Å². The zero-order valence-electron chi connectivity index (χ0n) is 13.0. The fourth-order valence-corrected chi connectivity index (χ4v) is 3.13. The lowest BCUT2D eigenvalue weighted by atomic mass is 10.00. The Morgan fingerprint density at radius 3 is 2.47 bits per heavy atom. The first-order chi connectivity index (χ1) is 8.69. The van der Waals surface area contributed by atoms with Crippen molar-refractivity contribution in [1.82, 2.24) is 10.2 Å². The Morgan fingerprint density at radius 1 is 1.37 bits per heavy atom. The lowest BCUT2D eigenvalue weighted by Gasteiger charge is -2.32. The molecular weight excluding hydrogens is 320 g/mol. The largest absolute Gasteiger partial charge is 0.312 e. The highest BCUT2D eigenvalue weighted by Crippen LogP contribution is 2.22. The first-order valence-electron chi connectivity index (χ1n) is 6.87. The molecule has 0 aromatic carbocycles. The fraction of sp³-hybridized carbons (Fsp3) is 0.733. The zero-order valence-corrected chi connectivity index (χ0v) is 15.4. The molecule has 19 heavy (non-hydrogen) atoms. The van der Waals surface area contributed by atoms with Crippen molar-refractivity contribution in [1.29, 1.82) is 0 Å². The van der Waals surface area contributed by atoms with Crippen LogP contribution >= 0.6 is 27.3 Å².